The van der Waals surface area contributed by atoms with Gasteiger partial charge in [0, 0.05) is 11.5 Å². The van der Waals surface area contributed by atoms with E-state index in [2.05, 4.69) is 13.0 Å². The van der Waals surface area contributed by atoms with Crippen LogP contribution in [0.3, 0.4) is 0 Å². The zero-order valence-corrected chi connectivity index (χ0v) is 10.8. The van der Waals surface area contributed by atoms with Gasteiger partial charge in [0.25, 0.3) is 0 Å². The highest BCUT2D eigenvalue weighted by molar-refractivity contribution is 5.99. The molecule has 1 aromatic carbocycles. The average molecular weight is 244 g/mol. The van der Waals surface area contributed by atoms with Crippen LogP contribution >= 0.6 is 0 Å². The summed E-state index contributed by atoms with van der Waals surface area (Å²) in [6.07, 6.45) is 3.37. The third kappa shape index (κ3) is 1.89. The maximum atomic E-state index is 12.7. The lowest BCUT2D eigenvalue weighted by Gasteiger charge is -2.36. The smallest absolute Gasteiger partial charge is 0.166 e. The minimum Gasteiger partial charge on any atom is -0.393 e. The van der Waals surface area contributed by atoms with Gasteiger partial charge in [0.2, 0.25) is 0 Å². The Kier molecular flexibility index (Phi) is 2.98. The molecule has 0 radical (unpaired) electrons. The van der Waals surface area contributed by atoms with Gasteiger partial charge in [0.1, 0.15) is 0 Å². The molecule has 0 unspecified atom stereocenters. The first-order chi connectivity index (χ1) is 8.66. The van der Waals surface area contributed by atoms with Crippen LogP contribution in [0.25, 0.3) is 0 Å². The fourth-order valence-corrected chi connectivity index (χ4v) is 3.76. The van der Waals surface area contributed by atoms with Crippen molar-refractivity contribution >= 4 is 5.78 Å². The van der Waals surface area contributed by atoms with Gasteiger partial charge in [-0.2, -0.15) is 0 Å². The van der Waals surface area contributed by atoms with E-state index in [1.807, 2.05) is 18.2 Å². The Morgan fingerprint density at radius 1 is 1.22 bits per heavy atom. The third-order valence-corrected chi connectivity index (χ3v) is 4.68. The molecule has 0 aliphatic heterocycles. The number of carbonyl (C=O) groups is 1. The molecular weight excluding hydrogens is 224 g/mol. The molecular formula is C16H20O2. The van der Waals surface area contributed by atoms with Crippen molar-refractivity contribution in [1.29, 1.82) is 0 Å². The van der Waals surface area contributed by atoms with Gasteiger partial charge in [-0.1, -0.05) is 31.2 Å². The first kappa shape index (κ1) is 11.9. The normalized spacial score (nSPS) is 35.6. The number of aliphatic hydroxyl groups excluding tert-OH is 1. The minimum absolute atomic E-state index is 0.0346. The monoisotopic (exact) mass is 244 g/mol. The number of hydrogen-bond donors (Lipinski definition) is 1. The lowest BCUT2D eigenvalue weighted by Crippen LogP contribution is -2.39. The van der Waals surface area contributed by atoms with Gasteiger partial charge >= 0.3 is 0 Å². The second-order valence-electron chi connectivity index (χ2n) is 5.97. The molecule has 0 aromatic heterocycles. The van der Waals surface area contributed by atoms with E-state index < -0.39 is 0 Å². The highest BCUT2D eigenvalue weighted by Crippen LogP contribution is 2.41. The van der Waals surface area contributed by atoms with Gasteiger partial charge in [0.05, 0.1) is 6.10 Å². The second-order valence-corrected chi connectivity index (χ2v) is 5.97. The summed E-state index contributed by atoms with van der Waals surface area (Å²) in [6, 6.07) is 7.95. The van der Waals surface area contributed by atoms with Gasteiger partial charge < -0.3 is 5.11 Å². The second kappa shape index (κ2) is 4.51. The number of aryl methyl sites for hydroxylation is 1. The van der Waals surface area contributed by atoms with Crippen LogP contribution in [0.2, 0.25) is 0 Å². The van der Waals surface area contributed by atoms with Crippen LogP contribution in [0, 0.1) is 17.8 Å². The molecule has 0 heterocycles. The van der Waals surface area contributed by atoms with E-state index in [-0.39, 0.29) is 23.7 Å². The maximum absolute atomic E-state index is 12.7. The Hall–Kier alpha value is -1.15. The molecule has 18 heavy (non-hydrogen) atoms. The number of aliphatic hydroxyl groups is 1. The van der Waals surface area contributed by atoms with Crippen LogP contribution in [0.4, 0.5) is 0 Å². The van der Waals surface area contributed by atoms with Crippen LogP contribution < -0.4 is 0 Å². The number of benzene rings is 1. The summed E-state index contributed by atoms with van der Waals surface area (Å²) in [5, 5.41) is 10.2. The highest BCUT2D eigenvalue weighted by atomic mass is 16.3. The van der Waals surface area contributed by atoms with Gasteiger partial charge in [-0.25, -0.2) is 0 Å². The molecule has 2 aliphatic carbocycles. The van der Waals surface area contributed by atoms with Gasteiger partial charge in [0.15, 0.2) is 5.78 Å². The van der Waals surface area contributed by atoms with Crippen molar-refractivity contribution in [2.45, 2.75) is 38.7 Å². The average Bonchev–Trinajstić information content (AvgIpc) is 2.49. The van der Waals surface area contributed by atoms with Crippen molar-refractivity contribution in [3.63, 3.8) is 0 Å². The number of hydrogen-bond acceptors (Lipinski definition) is 2. The van der Waals surface area contributed by atoms with E-state index in [9.17, 15) is 9.90 Å². The molecule has 1 aromatic rings. The molecule has 1 saturated carbocycles. The lowest BCUT2D eigenvalue weighted by atomic mass is 9.70. The van der Waals surface area contributed by atoms with Crippen molar-refractivity contribution in [1.82, 2.24) is 0 Å². The fraction of sp³-hybridized carbons (Fsp3) is 0.562. The van der Waals surface area contributed by atoms with Crippen molar-refractivity contribution < 1.29 is 9.90 Å². The van der Waals surface area contributed by atoms with Crippen LogP contribution in [0.15, 0.2) is 24.3 Å². The molecule has 2 aliphatic rings. The summed E-state index contributed by atoms with van der Waals surface area (Å²) in [5.41, 5.74) is 2.06. The van der Waals surface area contributed by atoms with Crippen LogP contribution in [-0.4, -0.2) is 17.0 Å². The molecule has 0 saturated heterocycles. The molecule has 4 atom stereocenters. The van der Waals surface area contributed by atoms with Crippen LogP contribution in [0.5, 0.6) is 0 Å². The lowest BCUT2D eigenvalue weighted by molar-refractivity contribution is 0.0108. The predicted octanol–water partition coefficient (Wildman–Crippen LogP) is 2.84. The molecule has 2 nitrogen and oxygen atoms in total. The predicted molar refractivity (Wildman–Crippen MR) is 70.5 cm³/mol. The fourth-order valence-electron chi connectivity index (χ4n) is 3.76. The molecule has 0 bridgehead atoms. The SMILES string of the molecule is C[C@@H]1C[C@@H]2C(=O)c3ccccc3CC[C@H]2[C@@H](O)C1. The Balaban J connectivity index is 1.99. The van der Waals surface area contributed by atoms with Crippen molar-refractivity contribution in [3.8, 4) is 0 Å². The zero-order valence-electron chi connectivity index (χ0n) is 10.8. The molecule has 1 N–H and O–H groups in total. The van der Waals surface area contributed by atoms with E-state index in [4.69, 9.17) is 0 Å². The number of rotatable bonds is 0. The molecule has 0 spiro atoms. The first-order valence-electron chi connectivity index (χ1n) is 6.97. The van der Waals surface area contributed by atoms with E-state index >= 15 is 0 Å². The summed E-state index contributed by atoms with van der Waals surface area (Å²) < 4.78 is 0. The van der Waals surface area contributed by atoms with Gasteiger partial charge in [-0.3, -0.25) is 4.79 Å². The maximum Gasteiger partial charge on any atom is 0.166 e. The van der Waals surface area contributed by atoms with E-state index in [0.29, 0.717) is 5.92 Å². The minimum atomic E-state index is -0.294. The Bertz CT molecular complexity index is 466. The standard InChI is InChI=1S/C16H20O2/c1-10-8-14-13(15(17)9-10)7-6-11-4-2-3-5-12(11)16(14)18/h2-5,10,13-15,17H,6-9H2,1H3/t10-,13-,14+,15+/m1/s1. The number of fused-ring (bicyclic) bond motifs is 2. The number of ketones is 1. The van der Waals surface area contributed by atoms with Crippen LogP contribution in [-0.2, 0) is 6.42 Å². The van der Waals surface area contributed by atoms with E-state index in [1.54, 1.807) is 0 Å². The third-order valence-electron chi connectivity index (χ3n) is 4.68. The van der Waals surface area contributed by atoms with E-state index in [1.165, 1.54) is 0 Å². The highest BCUT2D eigenvalue weighted by Gasteiger charge is 2.41. The first-order valence-corrected chi connectivity index (χ1v) is 6.97. The van der Waals surface area contributed by atoms with Crippen molar-refractivity contribution in [2.24, 2.45) is 17.8 Å². The molecule has 2 heteroatoms. The Morgan fingerprint density at radius 2 is 2.00 bits per heavy atom. The summed E-state index contributed by atoms with van der Waals surface area (Å²) in [5.74, 6) is 0.919. The zero-order chi connectivity index (χ0) is 12.7. The molecule has 0 amide bonds. The van der Waals surface area contributed by atoms with Crippen molar-refractivity contribution in [2.75, 3.05) is 0 Å². The molecule has 1 fully saturated rings. The summed E-state index contributed by atoms with van der Waals surface area (Å²) in [4.78, 5) is 12.7. The molecule has 96 valence electrons. The van der Waals surface area contributed by atoms with E-state index in [0.717, 1.165) is 36.8 Å². The molecule has 3 rings (SSSR count). The Morgan fingerprint density at radius 3 is 2.83 bits per heavy atom. The summed E-state index contributed by atoms with van der Waals surface area (Å²) in [6.45, 7) is 2.14. The number of carbonyl (C=O) groups excluding carboxylic acids is 1. The topological polar surface area (TPSA) is 37.3 Å². The largest absolute Gasteiger partial charge is 0.393 e. The number of Topliss-reactive ketones (excluding diaryl/α,β-unsaturated/α-hetero) is 1. The van der Waals surface area contributed by atoms with Crippen molar-refractivity contribution in [3.05, 3.63) is 35.4 Å². The van der Waals surface area contributed by atoms with Gasteiger partial charge in [-0.05, 0) is 43.1 Å². The van der Waals surface area contributed by atoms with Gasteiger partial charge in [-0.15, -0.1) is 0 Å². The summed E-state index contributed by atoms with van der Waals surface area (Å²) >= 11 is 0. The Labute approximate surface area is 108 Å². The quantitative estimate of drug-likeness (QED) is 0.762. The van der Waals surface area contributed by atoms with Crippen LogP contribution in [0.1, 0.15) is 42.1 Å². The summed E-state index contributed by atoms with van der Waals surface area (Å²) in [7, 11) is 0.